The van der Waals surface area contributed by atoms with E-state index in [1.807, 2.05) is 13.0 Å². The molecule has 0 unspecified atom stereocenters. The zero-order chi connectivity index (χ0) is 12.5. The quantitative estimate of drug-likeness (QED) is 0.911. The Balaban J connectivity index is 2.15. The van der Waals surface area contributed by atoms with Crippen LogP contribution < -0.4 is 5.32 Å². The molecule has 1 aromatic rings. The third-order valence-corrected chi connectivity index (χ3v) is 4.06. The zero-order valence-electron chi connectivity index (χ0n) is 9.59. The molecule has 0 atom stereocenters. The predicted molar refractivity (Wildman–Crippen MR) is 68.5 cm³/mol. The molecule has 2 rings (SSSR count). The molecular weight excluding hydrogens is 280 g/mol. The highest BCUT2D eigenvalue weighted by Crippen LogP contribution is 2.31. The number of nitriles is 1. The second kappa shape index (κ2) is 4.50. The van der Waals surface area contributed by atoms with Gasteiger partial charge in [-0.1, -0.05) is 22.0 Å². The number of carbonyl (C=O) groups is 1. The van der Waals surface area contributed by atoms with Gasteiger partial charge in [0.2, 0.25) is 0 Å². The van der Waals surface area contributed by atoms with E-state index in [9.17, 15) is 4.79 Å². The zero-order valence-corrected chi connectivity index (χ0v) is 11.2. The van der Waals surface area contributed by atoms with Crippen molar-refractivity contribution in [3.8, 4) is 6.07 Å². The van der Waals surface area contributed by atoms with Crippen LogP contribution in [0.5, 0.6) is 0 Å². The third-order valence-electron chi connectivity index (χ3n) is 3.21. The lowest BCUT2D eigenvalue weighted by molar-refractivity contribution is 0.0881. The Morgan fingerprint density at radius 2 is 2.24 bits per heavy atom. The number of nitrogens with one attached hydrogen (secondary N) is 1. The van der Waals surface area contributed by atoms with Crippen molar-refractivity contribution in [3.63, 3.8) is 0 Å². The van der Waals surface area contributed by atoms with Gasteiger partial charge in [-0.05, 0) is 43.9 Å². The lowest BCUT2D eigenvalue weighted by atomic mass is 9.78. The van der Waals surface area contributed by atoms with Gasteiger partial charge in [0, 0.05) is 10.0 Å². The topological polar surface area (TPSA) is 52.9 Å². The van der Waals surface area contributed by atoms with E-state index in [0.29, 0.717) is 5.56 Å². The molecule has 3 nitrogen and oxygen atoms in total. The standard InChI is InChI=1S/C13H13BrN2O/c1-9-3-4-10(7-11(9)14)12(17)16-13(8-15)5-2-6-13/h3-4,7H,2,5-6H2,1H3,(H,16,17). The minimum Gasteiger partial charge on any atom is -0.334 e. The van der Waals surface area contributed by atoms with Crippen molar-refractivity contribution in [1.29, 1.82) is 5.26 Å². The van der Waals surface area contributed by atoms with Gasteiger partial charge in [0.1, 0.15) is 5.54 Å². The fourth-order valence-electron chi connectivity index (χ4n) is 1.82. The van der Waals surface area contributed by atoms with E-state index in [1.54, 1.807) is 12.1 Å². The molecule has 0 heterocycles. The van der Waals surface area contributed by atoms with E-state index >= 15 is 0 Å². The van der Waals surface area contributed by atoms with Crippen molar-refractivity contribution in [1.82, 2.24) is 5.32 Å². The SMILES string of the molecule is Cc1ccc(C(=O)NC2(C#N)CCC2)cc1Br. The van der Waals surface area contributed by atoms with Crippen molar-refractivity contribution < 1.29 is 4.79 Å². The summed E-state index contributed by atoms with van der Waals surface area (Å²) >= 11 is 3.40. The maximum Gasteiger partial charge on any atom is 0.252 e. The van der Waals surface area contributed by atoms with Gasteiger partial charge in [-0.3, -0.25) is 4.79 Å². The second-order valence-electron chi connectivity index (χ2n) is 4.47. The highest BCUT2D eigenvalue weighted by Gasteiger charge is 2.38. The molecule has 1 aliphatic rings. The van der Waals surface area contributed by atoms with Crippen molar-refractivity contribution >= 4 is 21.8 Å². The van der Waals surface area contributed by atoms with Gasteiger partial charge in [-0.15, -0.1) is 0 Å². The van der Waals surface area contributed by atoms with Crippen LogP contribution in [0.3, 0.4) is 0 Å². The molecule has 1 aliphatic carbocycles. The Kier molecular flexibility index (Phi) is 3.21. The van der Waals surface area contributed by atoms with E-state index in [2.05, 4.69) is 27.3 Å². The first-order valence-corrected chi connectivity index (χ1v) is 6.35. The molecule has 0 aromatic heterocycles. The van der Waals surface area contributed by atoms with Crippen LogP contribution in [0.25, 0.3) is 0 Å². The Labute approximate surface area is 109 Å². The summed E-state index contributed by atoms with van der Waals surface area (Å²) in [5.74, 6) is -0.174. The monoisotopic (exact) mass is 292 g/mol. The van der Waals surface area contributed by atoms with E-state index in [-0.39, 0.29) is 5.91 Å². The maximum absolute atomic E-state index is 12.0. The molecule has 88 valence electrons. The van der Waals surface area contributed by atoms with Crippen LogP contribution in [0, 0.1) is 18.3 Å². The number of rotatable bonds is 2. The van der Waals surface area contributed by atoms with Crippen LogP contribution in [0.1, 0.15) is 35.2 Å². The third kappa shape index (κ3) is 2.34. The first-order valence-electron chi connectivity index (χ1n) is 5.56. The fraction of sp³-hybridized carbons (Fsp3) is 0.385. The average molecular weight is 293 g/mol. The van der Waals surface area contributed by atoms with Crippen LogP contribution in [-0.4, -0.2) is 11.4 Å². The Hall–Kier alpha value is -1.34. The smallest absolute Gasteiger partial charge is 0.252 e. The minimum atomic E-state index is -0.631. The van der Waals surface area contributed by atoms with Gasteiger partial charge in [-0.2, -0.15) is 5.26 Å². The molecule has 0 saturated heterocycles. The molecule has 0 bridgehead atoms. The summed E-state index contributed by atoms with van der Waals surface area (Å²) in [5.41, 5.74) is 1.04. The summed E-state index contributed by atoms with van der Waals surface area (Å²) in [6, 6.07) is 7.65. The Morgan fingerprint density at radius 1 is 1.53 bits per heavy atom. The molecule has 1 fully saturated rings. The molecule has 4 heteroatoms. The van der Waals surface area contributed by atoms with Crippen LogP contribution in [0.4, 0.5) is 0 Å². The van der Waals surface area contributed by atoms with Gasteiger partial charge in [0.15, 0.2) is 0 Å². The van der Waals surface area contributed by atoms with Gasteiger partial charge in [0.25, 0.3) is 5.91 Å². The van der Waals surface area contributed by atoms with Crippen LogP contribution in [0.2, 0.25) is 0 Å². The minimum absolute atomic E-state index is 0.174. The predicted octanol–water partition coefficient (Wildman–Crippen LogP) is 2.93. The summed E-state index contributed by atoms with van der Waals surface area (Å²) in [5, 5.41) is 11.9. The van der Waals surface area contributed by atoms with Gasteiger partial charge in [-0.25, -0.2) is 0 Å². The molecule has 1 aromatic carbocycles. The molecule has 0 radical (unpaired) electrons. The number of nitrogens with zero attached hydrogens (tertiary/aromatic N) is 1. The molecule has 1 saturated carbocycles. The lowest BCUT2D eigenvalue weighted by Gasteiger charge is -2.35. The van der Waals surface area contributed by atoms with E-state index < -0.39 is 5.54 Å². The lowest BCUT2D eigenvalue weighted by Crippen LogP contribution is -2.52. The molecule has 0 aliphatic heterocycles. The number of amides is 1. The van der Waals surface area contributed by atoms with Crippen molar-refractivity contribution in [2.75, 3.05) is 0 Å². The highest BCUT2D eigenvalue weighted by atomic mass is 79.9. The first kappa shape index (κ1) is 12.1. The first-order chi connectivity index (χ1) is 8.06. The number of halogens is 1. The van der Waals surface area contributed by atoms with Crippen LogP contribution in [0.15, 0.2) is 22.7 Å². The van der Waals surface area contributed by atoms with Crippen LogP contribution >= 0.6 is 15.9 Å². The number of aryl methyl sites for hydroxylation is 1. The van der Waals surface area contributed by atoms with Crippen molar-refractivity contribution in [2.45, 2.75) is 31.7 Å². The number of hydrogen-bond donors (Lipinski definition) is 1. The highest BCUT2D eigenvalue weighted by molar-refractivity contribution is 9.10. The van der Waals surface area contributed by atoms with Gasteiger partial charge in [0.05, 0.1) is 6.07 Å². The molecule has 0 spiro atoms. The summed E-state index contributed by atoms with van der Waals surface area (Å²) in [4.78, 5) is 12.0. The van der Waals surface area contributed by atoms with Crippen molar-refractivity contribution in [2.24, 2.45) is 0 Å². The number of benzene rings is 1. The Bertz CT molecular complexity index is 501. The van der Waals surface area contributed by atoms with E-state index in [0.717, 1.165) is 29.3 Å². The summed E-state index contributed by atoms with van der Waals surface area (Å²) in [6.07, 6.45) is 2.51. The fourth-order valence-corrected chi connectivity index (χ4v) is 2.20. The number of hydrogen-bond acceptors (Lipinski definition) is 2. The maximum atomic E-state index is 12.0. The molecule has 1 amide bonds. The van der Waals surface area contributed by atoms with Gasteiger partial charge >= 0.3 is 0 Å². The summed E-state index contributed by atoms with van der Waals surface area (Å²) < 4.78 is 0.907. The molecule has 17 heavy (non-hydrogen) atoms. The molecular formula is C13H13BrN2O. The average Bonchev–Trinajstić information content (AvgIpc) is 2.27. The van der Waals surface area contributed by atoms with E-state index in [1.165, 1.54) is 0 Å². The molecule has 1 N–H and O–H groups in total. The normalized spacial score (nSPS) is 16.8. The van der Waals surface area contributed by atoms with Crippen molar-refractivity contribution in [3.05, 3.63) is 33.8 Å². The second-order valence-corrected chi connectivity index (χ2v) is 5.32. The largest absolute Gasteiger partial charge is 0.334 e. The Morgan fingerprint density at radius 3 is 2.71 bits per heavy atom. The van der Waals surface area contributed by atoms with E-state index in [4.69, 9.17) is 5.26 Å². The van der Waals surface area contributed by atoms with Gasteiger partial charge < -0.3 is 5.32 Å². The number of carbonyl (C=O) groups excluding carboxylic acids is 1. The summed E-state index contributed by atoms with van der Waals surface area (Å²) in [7, 11) is 0. The van der Waals surface area contributed by atoms with Crippen LogP contribution in [-0.2, 0) is 0 Å². The summed E-state index contributed by atoms with van der Waals surface area (Å²) in [6.45, 7) is 1.97.